The second-order valence-electron chi connectivity index (χ2n) is 5.87. The van der Waals surface area contributed by atoms with Gasteiger partial charge in [0, 0.05) is 34.4 Å². The average Bonchev–Trinajstić information content (AvgIpc) is 2.60. The van der Waals surface area contributed by atoms with Gasteiger partial charge in [0.25, 0.3) is 0 Å². The van der Waals surface area contributed by atoms with E-state index < -0.39 is 10.0 Å². The van der Waals surface area contributed by atoms with E-state index in [9.17, 15) is 13.2 Å². The standard InChI is InChI=1S/C17H22N4O3S2/c1-20(2)15-9-8-13(26(23,24)21(3)4)11-14(15)19-16(22)12-25-17-7-5-6-10-18-17/h5-11H,12H2,1-4H3,(H,19,22). The summed E-state index contributed by atoms with van der Waals surface area (Å²) in [7, 11) is 3.01. The molecule has 1 N–H and O–H groups in total. The second kappa shape index (κ2) is 8.52. The van der Waals surface area contributed by atoms with Crippen molar-refractivity contribution in [2.45, 2.75) is 9.92 Å². The summed E-state index contributed by atoms with van der Waals surface area (Å²) < 4.78 is 25.8. The van der Waals surface area contributed by atoms with Crippen LogP contribution >= 0.6 is 11.8 Å². The predicted molar refractivity (Wildman–Crippen MR) is 105 cm³/mol. The number of anilines is 2. The molecule has 0 aliphatic carbocycles. The van der Waals surface area contributed by atoms with Crippen LogP contribution in [0.3, 0.4) is 0 Å². The van der Waals surface area contributed by atoms with Gasteiger partial charge in [0.2, 0.25) is 15.9 Å². The molecule has 0 radical (unpaired) electrons. The Kier molecular flexibility index (Phi) is 6.63. The van der Waals surface area contributed by atoms with E-state index in [1.54, 1.807) is 12.3 Å². The summed E-state index contributed by atoms with van der Waals surface area (Å²) in [4.78, 5) is 18.4. The molecule has 0 saturated heterocycles. The predicted octanol–water partition coefficient (Wildman–Crippen LogP) is 2.13. The Labute approximate surface area is 158 Å². The number of thioether (sulfide) groups is 1. The number of hydrogen-bond acceptors (Lipinski definition) is 6. The Bertz CT molecular complexity index is 869. The highest BCUT2D eigenvalue weighted by Gasteiger charge is 2.20. The van der Waals surface area contributed by atoms with E-state index in [0.29, 0.717) is 5.69 Å². The highest BCUT2D eigenvalue weighted by molar-refractivity contribution is 7.99. The first-order chi connectivity index (χ1) is 12.2. The van der Waals surface area contributed by atoms with Gasteiger partial charge in [0.05, 0.1) is 27.0 Å². The monoisotopic (exact) mass is 394 g/mol. The van der Waals surface area contributed by atoms with E-state index in [4.69, 9.17) is 0 Å². The number of nitrogens with one attached hydrogen (secondary N) is 1. The van der Waals surface area contributed by atoms with Gasteiger partial charge < -0.3 is 10.2 Å². The zero-order valence-corrected chi connectivity index (χ0v) is 16.8. The van der Waals surface area contributed by atoms with Gasteiger partial charge in [-0.05, 0) is 30.3 Å². The number of carbonyl (C=O) groups excluding carboxylic acids is 1. The van der Waals surface area contributed by atoms with Crippen molar-refractivity contribution in [1.29, 1.82) is 0 Å². The summed E-state index contributed by atoms with van der Waals surface area (Å²) in [6.45, 7) is 0. The van der Waals surface area contributed by atoms with Crippen molar-refractivity contribution in [3.63, 3.8) is 0 Å². The lowest BCUT2D eigenvalue weighted by Crippen LogP contribution is -2.23. The summed E-state index contributed by atoms with van der Waals surface area (Å²) in [5, 5.41) is 3.55. The van der Waals surface area contributed by atoms with Crippen LogP contribution in [0.25, 0.3) is 0 Å². The van der Waals surface area contributed by atoms with E-state index in [2.05, 4.69) is 10.3 Å². The van der Waals surface area contributed by atoms with E-state index >= 15 is 0 Å². The number of aromatic nitrogens is 1. The van der Waals surface area contributed by atoms with Crippen molar-refractivity contribution in [2.24, 2.45) is 0 Å². The first kappa shape index (κ1) is 20.2. The number of sulfonamides is 1. The minimum atomic E-state index is -3.58. The molecule has 0 spiro atoms. The fourth-order valence-corrected chi connectivity index (χ4v) is 3.72. The molecular weight excluding hydrogens is 372 g/mol. The first-order valence-electron chi connectivity index (χ1n) is 7.79. The highest BCUT2D eigenvalue weighted by Crippen LogP contribution is 2.29. The molecule has 7 nitrogen and oxygen atoms in total. The molecule has 2 rings (SSSR count). The van der Waals surface area contributed by atoms with Crippen LogP contribution in [-0.4, -0.2) is 57.6 Å². The molecule has 1 aromatic carbocycles. The van der Waals surface area contributed by atoms with Crippen molar-refractivity contribution in [3.05, 3.63) is 42.6 Å². The van der Waals surface area contributed by atoms with E-state index in [1.165, 1.54) is 38.0 Å². The summed E-state index contributed by atoms with van der Waals surface area (Å²) >= 11 is 1.31. The van der Waals surface area contributed by atoms with Crippen molar-refractivity contribution in [3.8, 4) is 0 Å². The van der Waals surface area contributed by atoms with E-state index in [1.807, 2.05) is 37.2 Å². The molecule has 1 amide bonds. The third kappa shape index (κ3) is 4.96. The van der Waals surface area contributed by atoms with Crippen LogP contribution in [0, 0.1) is 0 Å². The lowest BCUT2D eigenvalue weighted by atomic mass is 10.2. The Hall–Kier alpha value is -2.10. The third-order valence-electron chi connectivity index (χ3n) is 3.49. The van der Waals surface area contributed by atoms with Crippen LogP contribution in [-0.2, 0) is 14.8 Å². The Balaban J connectivity index is 2.21. The maximum Gasteiger partial charge on any atom is 0.242 e. The van der Waals surface area contributed by atoms with Gasteiger partial charge in [-0.1, -0.05) is 17.8 Å². The summed E-state index contributed by atoms with van der Waals surface area (Å²) in [5.41, 5.74) is 1.17. The second-order valence-corrected chi connectivity index (χ2v) is 9.01. The Morgan fingerprint density at radius 2 is 1.88 bits per heavy atom. The maximum absolute atomic E-state index is 12.3. The SMILES string of the molecule is CN(C)c1ccc(S(=O)(=O)N(C)C)cc1NC(=O)CSc1ccccn1. The van der Waals surface area contributed by atoms with Gasteiger partial charge in [0.1, 0.15) is 0 Å². The van der Waals surface area contributed by atoms with Crippen molar-refractivity contribution < 1.29 is 13.2 Å². The highest BCUT2D eigenvalue weighted by atomic mass is 32.2. The number of benzene rings is 1. The van der Waals surface area contributed by atoms with Crippen LogP contribution in [0.5, 0.6) is 0 Å². The molecule has 1 heterocycles. The van der Waals surface area contributed by atoms with Gasteiger partial charge in [-0.2, -0.15) is 0 Å². The first-order valence-corrected chi connectivity index (χ1v) is 10.2. The summed E-state index contributed by atoms with van der Waals surface area (Å²) in [6.07, 6.45) is 1.67. The normalized spacial score (nSPS) is 11.4. The van der Waals surface area contributed by atoms with Crippen molar-refractivity contribution >= 4 is 39.1 Å². The van der Waals surface area contributed by atoms with Gasteiger partial charge in [-0.3, -0.25) is 4.79 Å². The number of carbonyl (C=O) groups is 1. The molecule has 0 aliphatic heterocycles. The van der Waals surface area contributed by atoms with E-state index in [-0.39, 0.29) is 16.6 Å². The largest absolute Gasteiger partial charge is 0.376 e. The summed E-state index contributed by atoms with van der Waals surface area (Å²) in [5.74, 6) is -0.0581. The number of rotatable bonds is 7. The van der Waals surface area contributed by atoms with Gasteiger partial charge in [-0.15, -0.1) is 0 Å². The number of hydrogen-bond donors (Lipinski definition) is 1. The molecule has 0 bridgehead atoms. The number of amides is 1. The van der Waals surface area contributed by atoms with Crippen LogP contribution in [0.1, 0.15) is 0 Å². The molecule has 0 atom stereocenters. The van der Waals surface area contributed by atoms with Crippen LogP contribution in [0.2, 0.25) is 0 Å². The molecule has 0 aliphatic rings. The Morgan fingerprint density at radius 1 is 1.15 bits per heavy atom. The molecular formula is C17H22N4O3S2. The van der Waals surface area contributed by atoms with Crippen molar-refractivity contribution in [2.75, 3.05) is 44.2 Å². The van der Waals surface area contributed by atoms with Crippen LogP contribution in [0.4, 0.5) is 11.4 Å². The molecule has 0 unspecified atom stereocenters. The van der Waals surface area contributed by atoms with Gasteiger partial charge >= 0.3 is 0 Å². The molecule has 1 aromatic heterocycles. The maximum atomic E-state index is 12.3. The fourth-order valence-electron chi connectivity index (χ4n) is 2.13. The minimum absolute atomic E-state index is 0.126. The number of nitrogens with zero attached hydrogens (tertiary/aromatic N) is 3. The fraction of sp³-hybridized carbons (Fsp3) is 0.294. The van der Waals surface area contributed by atoms with Crippen molar-refractivity contribution in [1.82, 2.24) is 9.29 Å². The summed E-state index contributed by atoms with van der Waals surface area (Å²) in [6, 6.07) is 10.2. The molecule has 9 heteroatoms. The van der Waals surface area contributed by atoms with Crippen LogP contribution < -0.4 is 10.2 Å². The molecule has 26 heavy (non-hydrogen) atoms. The zero-order chi connectivity index (χ0) is 19.3. The minimum Gasteiger partial charge on any atom is -0.376 e. The van der Waals surface area contributed by atoms with Gasteiger partial charge in [0.15, 0.2) is 0 Å². The molecule has 0 fully saturated rings. The van der Waals surface area contributed by atoms with E-state index in [0.717, 1.165) is 15.0 Å². The average molecular weight is 395 g/mol. The smallest absolute Gasteiger partial charge is 0.242 e. The quantitative estimate of drug-likeness (QED) is 0.725. The Morgan fingerprint density at radius 3 is 2.46 bits per heavy atom. The number of pyridine rings is 1. The molecule has 0 saturated carbocycles. The topological polar surface area (TPSA) is 82.6 Å². The van der Waals surface area contributed by atoms with Gasteiger partial charge in [-0.25, -0.2) is 17.7 Å². The zero-order valence-electron chi connectivity index (χ0n) is 15.1. The lowest BCUT2D eigenvalue weighted by Gasteiger charge is -2.20. The molecule has 140 valence electrons. The lowest BCUT2D eigenvalue weighted by molar-refractivity contribution is -0.113. The van der Waals surface area contributed by atoms with Crippen LogP contribution in [0.15, 0.2) is 52.5 Å². The third-order valence-corrected chi connectivity index (χ3v) is 6.25. The molecule has 2 aromatic rings.